The maximum Gasteiger partial charge on any atom is 0.0689 e. The molecule has 0 heterocycles. The van der Waals surface area contributed by atoms with E-state index in [1.807, 2.05) is 0 Å². The minimum absolute atomic E-state index is 0.0373. The fraction of sp³-hybridized carbons (Fsp3) is 0.967. The molecule has 1 heteroatoms. The number of hydrogen-bond acceptors (Lipinski definition) is 1. The number of unbranched alkanes of at least 4 members (excludes halogenated alkanes) is 5. The molecule has 3 saturated carbocycles. The molecule has 0 bridgehead atoms. The van der Waals surface area contributed by atoms with Gasteiger partial charge < -0.3 is 0 Å². The van der Waals surface area contributed by atoms with Crippen molar-refractivity contribution in [2.24, 2.45) is 35.0 Å². The molecule has 0 atom stereocenters. The third kappa shape index (κ3) is 7.51. The Morgan fingerprint density at radius 2 is 1.10 bits per heavy atom. The highest BCUT2D eigenvalue weighted by atomic mass is 14.5. The molecule has 3 rings (SSSR count). The largest absolute Gasteiger partial charge is 0.198 e. The van der Waals surface area contributed by atoms with E-state index in [-0.39, 0.29) is 5.41 Å². The Bertz CT molecular complexity index is 507. The van der Waals surface area contributed by atoms with Gasteiger partial charge in [-0.15, -0.1) is 0 Å². The van der Waals surface area contributed by atoms with Crippen LogP contribution in [0.4, 0.5) is 0 Å². The Morgan fingerprint density at radius 1 is 0.613 bits per heavy atom. The molecule has 0 spiro atoms. The summed E-state index contributed by atoms with van der Waals surface area (Å²) in [5.41, 5.74) is 0.0373. The predicted octanol–water partition coefficient (Wildman–Crippen LogP) is 9.85. The average molecular weight is 428 g/mol. The molecule has 0 aromatic heterocycles. The van der Waals surface area contributed by atoms with Gasteiger partial charge in [-0.1, -0.05) is 78.1 Å². The van der Waals surface area contributed by atoms with Gasteiger partial charge in [0.25, 0.3) is 0 Å². The molecule has 178 valence electrons. The maximum absolute atomic E-state index is 9.96. The SMILES string of the molecule is CCCCCCCCC1(C#N)CCC(C2CCC(C3CCC(CCC)CC3)CC2)CC1. The highest BCUT2D eigenvalue weighted by Crippen LogP contribution is 2.49. The van der Waals surface area contributed by atoms with Crippen molar-refractivity contribution in [1.29, 1.82) is 5.26 Å². The normalized spacial score (nSPS) is 36.7. The summed E-state index contributed by atoms with van der Waals surface area (Å²) in [5.74, 6) is 5.08. The zero-order valence-corrected chi connectivity index (χ0v) is 21.2. The first kappa shape index (κ1) is 25.1. The van der Waals surface area contributed by atoms with Gasteiger partial charge in [-0.2, -0.15) is 5.26 Å². The van der Waals surface area contributed by atoms with Crippen LogP contribution in [0.25, 0.3) is 0 Å². The predicted molar refractivity (Wildman–Crippen MR) is 134 cm³/mol. The molecule has 0 unspecified atom stereocenters. The first-order valence-corrected chi connectivity index (χ1v) is 14.6. The summed E-state index contributed by atoms with van der Waals surface area (Å²) >= 11 is 0. The van der Waals surface area contributed by atoms with Gasteiger partial charge in [0.1, 0.15) is 0 Å². The summed E-state index contributed by atoms with van der Waals surface area (Å²) in [7, 11) is 0. The topological polar surface area (TPSA) is 23.8 Å². The number of nitrogens with zero attached hydrogens (tertiary/aromatic N) is 1. The Morgan fingerprint density at radius 3 is 1.61 bits per heavy atom. The highest BCUT2D eigenvalue weighted by Gasteiger charge is 2.39. The van der Waals surface area contributed by atoms with Crippen molar-refractivity contribution in [3.8, 4) is 6.07 Å². The van der Waals surface area contributed by atoms with Crippen molar-refractivity contribution in [3.05, 3.63) is 0 Å². The molecule has 3 aliphatic carbocycles. The van der Waals surface area contributed by atoms with E-state index in [1.165, 1.54) is 135 Å². The van der Waals surface area contributed by atoms with Gasteiger partial charge in [0, 0.05) is 0 Å². The molecule has 0 aromatic rings. The van der Waals surface area contributed by atoms with Crippen LogP contribution in [0.3, 0.4) is 0 Å². The van der Waals surface area contributed by atoms with Crippen molar-refractivity contribution in [2.75, 3.05) is 0 Å². The average Bonchev–Trinajstić information content (AvgIpc) is 2.83. The van der Waals surface area contributed by atoms with Crippen molar-refractivity contribution >= 4 is 0 Å². The van der Waals surface area contributed by atoms with Crippen LogP contribution in [-0.4, -0.2) is 0 Å². The van der Waals surface area contributed by atoms with E-state index in [1.54, 1.807) is 0 Å². The molecule has 0 amide bonds. The monoisotopic (exact) mass is 427 g/mol. The molecule has 0 saturated heterocycles. The third-order valence-electron chi connectivity index (χ3n) is 9.97. The van der Waals surface area contributed by atoms with Gasteiger partial charge in [-0.05, 0) is 100 Å². The van der Waals surface area contributed by atoms with Gasteiger partial charge in [0.2, 0.25) is 0 Å². The first-order valence-electron chi connectivity index (χ1n) is 14.6. The third-order valence-corrected chi connectivity index (χ3v) is 9.97. The second kappa shape index (κ2) is 13.3. The summed E-state index contributed by atoms with van der Waals surface area (Å²) in [6.07, 6.45) is 29.4. The molecule has 3 aliphatic rings. The molecular weight excluding hydrogens is 374 g/mol. The molecule has 0 aliphatic heterocycles. The molecular formula is C30H53N. The van der Waals surface area contributed by atoms with Crippen LogP contribution in [0.5, 0.6) is 0 Å². The second-order valence-corrected chi connectivity index (χ2v) is 12.0. The van der Waals surface area contributed by atoms with Crippen molar-refractivity contribution in [3.63, 3.8) is 0 Å². The van der Waals surface area contributed by atoms with Crippen LogP contribution < -0.4 is 0 Å². The second-order valence-electron chi connectivity index (χ2n) is 12.0. The van der Waals surface area contributed by atoms with Gasteiger partial charge in [-0.3, -0.25) is 0 Å². The van der Waals surface area contributed by atoms with Gasteiger partial charge in [0.15, 0.2) is 0 Å². The Hall–Kier alpha value is -0.510. The van der Waals surface area contributed by atoms with E-state index < -0.39 is 0 Å². The lowest BCUT2D eigenvalue weighted by Gasteiger charge is -2.43. The van der Waals surface area contributed by atoms with E-state index in [0.29, 0.717) is 0 Å². The summed E-state index contributed by atoms with van der Waals surface area (Å²) in [4.78, 5) is 0. The minimum atomic E-state index is 0.0373. The van der Waals surface area contributed by atoms with Crippen LogP contribution in [0.2, 0.25) is 0 Å². The van der Waals surface area contributed by atoms with E-state index >= 15 is 0 Å². The van der Waals surface area contributed by atoms with Crippen LogP contribution in [0, 0.1) is 46.3 Å². The quantitative estimate of drug-likeness (QED) is 0.301. The molecule has 0 N–H and O–H groups in total. The van der Waals surface area contributed by atoms with Gasteiger partial charge in [-0.25, -0.2) is 0 Å². The van der Waals surface area contributed by atoms with E-state index in [0.717, 1.165) is 29.6 Å². The zero-order valence-electron chi connectivity index (χ0n) is 21.2. The Kier molecular flexibility index (Phi) is 10.7. The minimum Gasteiger partial charge on any atom is -0.198 e. The van der Waals surface area contributed by atoms with Crippen LogP contribution in [-0.2, 0) is 0 Å². The lowest BCUT2D eigenvalue weighted by molar-refractivity contribution is 0.0898. The number of nitriles is 1. The fourth-order valence-corrected chi connectivity index (χ4v) is 7.77. The summed E-state index contributed by atoms with van der Waals surface area (Å²) < 4.78 is 0. The molecule has 3 fully saturated rings. The summed E-state index contributed by atoms with van der Waals surface area (Å²) in [6, 6.07) is 2.81. The summed E-state index contributed by atoms with van der Waals surface area (Å²) in [6.45, 7) is 4.64. The molecule has 0 aromatic carbocycles. The highest BCUT2D eigenvalue weighted by molar-refractivity contribution is 5.02. The standard InChI is InChI=1S/C30H53N/c1-3-5-6-7-8-9-21-30(24-31)22-19-29(20-23-30)28-17-15-27(16-18-28)26-13-11-25(10-4-2)12-14-26/h25-29H,3-23H2,1-2H3. The van der Waals surface area contributed by atoms with E-state index in [2.05, 4.69) is 19.9 Å². The fourth-order valence-electron chi connectivity index (χ4n) is 7.77. The van der Waals surface area contributed by atoms with Crippen molar-refractivity contribution in [2.45, 2.75) is 149 Å². The van der Waals surface area contributed by atoms with Crippen molar-refractivity contribution < 1.29 is 0 Å². The summed E-state index contributed by atoms with van der Waals surface area (Å²) in [5, 5.41) is 9.96. The van der Waals surface area contributed by atoms with Gasteiger partial charge in [0.05, 0.1) is 11.5 Å². The lowest BCUT2D eigenvalue weighted by Crippen LogP contribution is -2.32. The molecule has 0 radical (unpaired) electrons. The zero-order chi connectivity index (χ0) is 21.9. The van der Waals surface area contributed by atoms with Crippen molar-refractivity contribution in [1.82, 2.24) is 0 Å². The van der Waals surface area contributed by atoms with Crippen LogP contribution in [0.1, 0.15) is 149 Å². The lowest BCUT2D eigenvalue weighted by atomic mass is 9.62. The Labute approximate surface area is 195 Å². The number of rotatable bonds is 11. The molecule has 1 nitrogen and oxygen atoms in total. The van der Waals surface area contributed by atoms with E-state index in [4.69, 9.17) is 0 Å². The van der Waals surface area contributed by atoms with E-state index in [9.17, 15) is 5.26 Å². The maximum atomic E-state index is 9.96. The first-order chi connectivity index (χ1) is 15.2. The Balaban J connectivity index is 1.34. The molecule has 31 heavy (non-hydrogen) atoms. The van der Waals surface area contributed by atoms with Crippen LogP contribution >= 0.6 is 0 Å². The number of hydrogen-bond donors (Lipinski definition) is 0. The van der Waals surface area contributed by atoms with Gasteiger partial charge >= 0.3 is 0 Å². The van der Waals surface area contributed by atoms with Crippen LogP contribution in [0.15, 0.2) is 0 Å². The smallest absolute Gasteiger partial charge is 0.0689 e.